The van der Waals surface area contributed by atoms with Gasteiger partial charge in [-0.2, -0.15) is 18.2 Å². The maximum atomic E-state index is 13.6. The van der Waals surface area contributed by atoms with E-state index < -0.39 is 23.2 Å². The first-order valence-corrected chi connectivity index (χ1v) is 12.8. The molecule has 1 aromatic carbocycles. The largest absolute Gasteiger partial charge is 0.477 e. The Hall–Kier alpha value is -3.57. The number of fused-ring (bicyclic) bond motifs is 4. The lowest BCUT2D eigenvalue weighted by Crippen LogP contribution is -2.48. The van der Waals surface area contributed by atoms with Crippen LogP contribution < -0.4 is 19.9 Å². The van der Waals surface area contributed by atoms with Crippen LogP contribution in [0.2, 0.25) is 5.02 Å². The minimum absolute atomic E-state index is 0.0598. The summed E-state index contributed by atoms with van der Waals surface area (Å²) in [4.78, 5) is 26.1. The number of ether oxygens (including phenoxy) is 1. The van der Waals surface area contributed by atoms with Crippen molar-refractivity contribution in [1.29, 1.82) is 0 Å². The van der Waals surface area contributed by atoms with Gasteiger partial charge in [-0.3, -0.25) is 10.2 Å². The van der Waals surface area contributed by atoms with Crippen LogP contribution in [0.5, 0.6) is 5.88 Å². The van der Waals surface area contributed by atoms with Gasteiger partial charge in [-0.1, -0.05) is 43.6 Å². The second-order valence-corrected chi connectivity index (χ2v) is 10.8. The Morgan fingerprint density at radius 2 is 1.95 bits per heavy atom. The summed E-state index contributed by atoms with van der Waals surface area (Å²) in [6, 6.07) is 10.7. The molecular formula is C27H27ClF3N5O3. The van der Waals surface area contributed by atoms with E-state index in [2.05, 4.69) is 20.2 Å². The van der Waals surface area contributed by atoms with Crippen LogP contribution in [0, 0.1) is 5.41 Å². The number of anilines is 3. The van der Waals surface area contributed by atoms with Crippen molar-refractivity contribution >= 4 is 35.0 Å². The molecule has 1 unspecified atom stereocenters. The van der Waals surface area contributed by atoms with Gasteiger partial charge in [0.05, 0.1) is 41.2 Å². The number of hydrogen-bond acceptors (Lipinski definition) is 6. The molecule has 206 valence electrons. The smallest absolute Gasteiger partial charge is 0.416 e. The zero-order valence-corrected chi connectivity index (χ0v) is 22.1. The summed E-state index contributed by atoms with van der Waals surface area (Å²) in [6.45, 7) is 5.14. The first-order chi connectivity index (χ1) is 18.4. The van der Waals surface area contributed by atoms with Crippen LogP contribution in [-0.2, 0) is 6.18 Å². The standard InChI is InChI=1S/C27H27ClF3N5O3/c1-26(2,14-37)15-39-22-8-4-7-21(32-22)33-25(38)36-18-9-10-35(13-18)20-12-19(28)23(34-24(20)36)16-5-3-6-17(11-16)27(29,30)31/h3-8,11-12,18,37H,9-10,13-15H2,1-2H3,(H,32,33,38). The number of nitrogens with one attached hydrogen (secondary N) is 1. The summed E-state index contributed by atoms with van der Waals surface area (Å²) in [5.74, 6) is 0.862. The van der Waals surface area contributed by atoms with Crippen LogP contribution in [0.3, 0.4) is 0 Å². The SMILES string of the molecule is CC(C)(CO)COc1cccc(NC(=O)N2c3nc(-c4cccc(C(F)(F)F)c4)c(Cl)cc3N3CCC2C3)n1. The Balaban J connectivity index is 1.45. The number of benzene rings is 1. The molecule has 0 radical (unpaired) electrons. The Bertz CT molecular complexity index is 1400. The number of rotatable bonds is 6. The quantitative estimate of drug-likeness (QED) is 0.393. The number of amides is 2. The van der Waals surface area contributed by atoms with Crippen molar-refractivity contribution in [2.75, 3.05) is 41.4 Å². The van der Waals surface area contributed by atoms with Crippen LogP contribution in [0.25, 0.3) is 11.3 Å². The summed E-state index contributed by atoms with van der Waals surface area (Å²) < 4.78 is 45.7. The number of urea groups is 1. The maximum Gasteiger partial charge on any atom is 0.416 e. The van der Waals surface area contributed by atoms with Crippen LogP contribution >= 0.6 is 11.6 Å². The molecule has 2 aliphatic heterocycles. The Morgan fingerprint density at radius 1 is 1.18 bits per heavy atom. The summed E-state index contributed by atoms with van der Waals surface area (Å²) in [5.41, 5.74) is -0.289. The van der Waals surface area contributed by atoms with Gasteiger partial charge in [-0.25, -0.2) is 9.78 Å². The number of aliphatic hydroxyl groups is 1. The van der Waals surface area contributed by atoms with Gasteiger partial charge in [0.25, 0.3) is 0 Å². The molecule has 12 heteroatoms. The second-order valence-electron chi connectivity index (χ2n) is 10.4. The fourth-order valence-corrected chi connectivity index (χ4v) is 4.84. The van der Waals surface area contributed by atoms with E-state index in [0.717, 1.165) is 12.1 Å². The molecule has 8 nitrogen and oxygen atoms in total. The first-order valence-electron chi connectivity index (χ1n) is 12.4. The molecule has 4 heterocycles. The van der Waals surface area contributed by atoms with Crippen molar-refractivity contribution in [3.63, 3.8) is 0 Å². The molecule has 2 bridgehead atoms. The highest BCUT2D eigenvalue weighted by Crippen LogP contribution is 2.43. The molecule has 0 spiro atoms. The minimum atomic E-state index is -4.52. The lowest BCUT2D eigenvalue weighted by Gasteiger charge is -2.36. The van der Waals surface area contributed by atoms with E-state index in [-0.39, 0.29) is 47.2 Å². The van der Waals surface area contributed by atoms with E-state index in [4.69, 9.17) is 16.3 Å². The Morgan fingerprint density at radius 3 is 2.69 bits per heavy atom. The molecule has 1 atom stereocenters. The fourth-order valence-electron chi connectivity index (χ4n) is 4.58. The molecule has 39 heavy (non-hydrogen) atoms. The molecule has 2 aliphatic rings. The molecule has 1 saturated heterocycles. The second kappa shape index (κ2) is 10.2. The van der Waals surface area contributed by atoms with Gasteiger partial charge >= 0.3 is 12.2 Å². The predicted octanol–water partition coefficient (Wildman–Crippen LogP) is 5.84. The van der Waals surface area contributed by atoms with Gasteiger partial charge in [0.1, 0.15) is 5.82 Å². The van der Waals surface area contributed by atoms with Crippen molar-refractivity contribution in [2.45, 2.75) is 32.5 Å². The number of hydrogen-bond donors (Lipinski definition) is 2. The minimum Gasteiger partial charge on any atom is -0.477 e. The van der Waals surface area contributed by atoms with E-state index in [1.165, 1.54) is 17.0 Å². The number of alkyl halides is 3. The molecule has 1 fully saturated rings. The first kappa shape index (κ1) is 27.0. The highest BCUT2D eigenvalue weighted by atomic mass is 35.5. The van der Waals surface area contributed by atoms with Crippen LogP contribution in [0.4, 0.5) is 35.3 Å². The molecule has 0 aliphatic carbocycles. The molecular weight excluding hydrogens is 535 g/mol. The third kappa shape index (κ3) is 5.60. The number of carbonyl (C=O) groups excluding carboxylic acids is 1. The average Bonchev–Trinajstić information content (AvgIpc) is 3.32. The van der Waals surface area contributed by atoms with Crippen LogP contribution in [0.1, 0.15) is 25.8 Å². The summed E-state index contributed by atoms with van der Waals surface area (Å²) >= 11 is 6.52. The molecule has 0 saturated carbocycles. The lowest BCUT2D eigenvalue weighted by molar-refractivity contribution is -0.137. The fraction of sp³-hybridized carbons (Fsp3) is 0.370. The highest BCUT2D eigenvalue weighted by Gasteiger charge is 2.41. The molecule has 2 amide bonds. The number of pyridine rings is 2. The summed E-state index contributed by atoms with van der Waals surface area (Å²) in [6.07, 6.45) is -3.83. The number of halogens is 4. The van der Waals surface area contributed by atoms with Gasteiger partial charge in [0.15, 0.2) is 5.82 Å². The predicted molar refractivity (Wildman–Crippen MR) is 142 cm³/mol. The van der Waals surface area contributed by atoms with E-state index in [9.17, 15) is 23.1 Å². The number of aliphatic hydroxyl groups excluding tert-OH is 1. The summed E-state index contributed by atoms with van der Waals surface area (Å²) in [7, 11) is 0. The third-order valence-electron chi connectivity index (χ3n) is 6.71. The maximum absolute atomic E-state index is 13.6. The van der Waals surface area contributed by atoms with Crippen molar-refractivity contribution in [3.05, 3.63) is 59.1 Å². The molecule has 5 rings (SSSR count). The third-order valence-corrected chi connectivity index (χ3v) is 7.00. The zero-order valence-electron chi connectivity index (χ0n) is 21.3. The van der Waals surface area contributed by atoms with Crippen LogP contribution in [-0.4, -0.2) is 53.5 Å². The van der Waals surface area contributed by atoms with Gasteiger partial charge in [0.2, 0.25) is 5.88 Å². The zero-order chi connectivity index (χ0) is 27.9. The van der Waals surface area contributed by atoms with Crippen LogP contribution in [0.15, 0.2) is 48.5 Å². The Labute approximate surface area is 228 Å². The van der Waals surface area contributed by atoms with Crippen molar-refractivity contribution in [1.82, 2.24) is 9.97 Å². The van der Waals surface area contributed by atoms with Gasteiger partial charge in [-0.15, -0.1) is 0 Å². The van der Waals surface area contributed by atoms with E-state index in [1.54, 1.807) is 24.3 Å². The van der Waals surface area contributed by atoms with Crippen molar-refractivity contribution < 1.29 is 27.8 Å². The lowest BCUT2D eigenvalue weighted by atomic mass is 9.97. The monoisotopic (exact) mass is 561 g/mol. The number of carbonyl (C=O) groups is 1. The topological polar surface area (TPSA) is 90.8 Å². The average molecular weight is 562 g/mol. The Kier molecular flexibility index (Phi) is 7.06. The molecule has 2 aromatic heterocycles. The van der Waals surface area contributed by atoms with Crippen molar-refractivity contribution in [3.8, 4) is 17.1 Å². The van der Waals surface area contributed by atoms with Gasteiger partial charge in [0, 0.05) is 30.1 Å². The van der Waals surface area contributed by atoms with E-state index in [0.29, 0.717) is 31.0 Å². The molecule has 2 N–H and O–H groups in total. The number of nitrogens with zero attached hydrogens (tertiary/aromatic N) is 4. The van der Waals surface area contributed by atoms with Crippen molar-refractivity contribution in [2.24, 2.45) is 5.41 Å². The normalized spacial score (nSPS) is 16.7. The summed E-state index contributed by atoms with van der Waals surface area (Å²) in [5, 5.41) is 12.4. The van der Waals surface area contributed by atoms with E-state index >= 15 is 0 Å². The molecule has 3 aromatic rings. The highest BCUT2D eigenvalue weighted by molar-refractivity contribution is 6.33. The number of aromatic nitrogens is 2. The van der Waals surface area contributed by atoms with E-state index in [1.807, 2.05) is 13.8 Å². The van der Waals surface area contributed by atoms with Gasteiger partial charge < -0.3 is 14.7 Å². The van der Waals surface area contributed by atoms with Gasteiger partial charge in [-0.05, 0) is 30.7 Å².